The van der Waals surface area contributed by atoms with Crippen LogP contribution in [0.25, 0.3) is 0 Å². The predicted molar refractivity (Wildman–Crippen MR) is 219 cm³/mol. The van der Waals surface area contributed by atoms with Gasteiger partial charge in [-0.1, -0.05) is 181 Å². The van der Waals surface area contributed by atoms with E-state index in [-0.39, 0.29) is 16.2 Å². The molecule has 0 N–H and O–H groups in total. The minimum atomic E-state index is 0.182. The van der Waals surface area contributed by atoms with Crippen LogP contribution in [0.3, 0.4) is 0 Å². The van der Waals surface area contributed by atoms with E-state index in [2.05, 4.69) is 153 Å². The third-order valence-corrected chi connectivity index (χ3v) is 6.15. The zero-order valence-corrected chi connectivity index (χ0v) is 35.2. The van der Waals surface area contributed by atoms with Crippen molar-refractivity contribution >= 4 is 0 Å². The summed E-state index contributed by atoms with van der Waals surface area (Å²) < 4.78 is 0. The molecule has 0 radical (unpaired) electrons. The molecule has 0 unspecified atom stereocenters. The highest BCUT2D eigenvalue weighted by Crippen LogP contribution is 2.22. The molecule has 0 fully saturated rings. The van der Waals surface area contributed by atoms with Crippen LogP contribution in [0.4, 0.5) is 0 Å². The highest BCUT2D eigenvalue weighted by molar-refractivity contribution is 5.22. The fourth-order valence-electron chi connectivity index (χ4n) is 3.40. The van der Waals surface area contributed by atoms with Crippen molar-refractivity contribution in [1.29, 1.82) is 0 Å². The van der Waals surface area contributed by atoms with Crippen LogP contribution >= 0.6 is 0 Å². The third kappa shape index (κ3) is 26.7. The first-order valence-corrected chi connectivity index (χ1v) is 18.2. The average Bonchev–Trinajstić information content (AvgIpc) is 3.09. The van der Waals surface area contributed by atoms with Gasteiger partial charge in [-0.3, -0.25) is 15.0 Å². The van der Waals surface area contributed by atoms with Crippen LogP contribution in [0.2, 0.25) is 0 Å². The number of nitrogens with zero attached hydrogens (tertiary/aromatic N) is 3. The number of hydrogen-bond acceptors (Lipinski definition) is 3. The van der Waals surface area contributed by atoms with Gasteiger partial charge in [-0.2, -0.15) is 0 Å². The summed E-state index contributed by atoms with van der Waals surface area (Å²) in [4.78, 5) is 12.3. The van der Waals surface area contributed by atoms with Crippen LogP contribution in [0.5, 0.6) is 0 Å². The molecule has 3 heteroatoms. The van der Waals surface area contributed by atoms with Gasteiger partial charge >= 0.3 is 0 Å². The Kier molecular flexibility index (Phi) is 30.8. The Hall–Kier alpha value is -3.33. The van der Waals surface area contributed by atoms with Crippen molar-refractivity contribution in [1.82, 2.24) is 15.0 Å². The summed E-state index contributed by atoms with van der Waals surface area (Å²) in [6, 6.07) is 24.8. The highest BCUT2D eigenvalue weighted by Gasteiger charge is 2.14. The van der Waals surface area contributed by atoms with Gasteiger partial charge in [-0.15, -0.1) is 0 Å². The van der Waals surface area contributed by atoms with Gasteiger partial charge in [0.2, 0.25) is 0 Å². The Morgan fingerprint density at radius 1 is 0.333 bits per heavy atom. The number of benzene rings is 1. The monoisotopic (exact) mass is 660 g/mol. The molecular formula is C45H77N3. The largest absolute Gasteiger partial charge is 0.265 e. The van der Waals surface area contributed by atoms with Gasteiger partial charge in [0.05, 0.1) is 0 Å². The number of hydrogen-bond donors (Lipinski definition) is 0. The van der Waals surface area contributed by atoms with E-state index in [1.165, 1.54) is 16.7 Å². The first kappa shape index (κ1) is 51.5. The molecule has 0 atom stereocenters. The molecule has 0 aliphatic rings. The van der Waals surface area contributed by atoms with Crippen molar-refractivity contribution in [2.75, 3.05) is 0 Å². The second-order valence-corrected chi connectivity index (χ2v) is 14.1. The van der Waals surface area contributed by atoms with Crippen LogP contribution in [0, 0.1) is 0 Å². The summed E-state index contributed by atoms with van der Waals surface area (Å²) in [6.45, 7) is 42.3. The van der Waals surface area contributed by atoms with E-state index in [9.17, 15) is 0 Å². The molecule has 0 saturated carbocycles. The molecule has 3 aromatic heterocycles. The minimum Gasteiger partial charge on any atom is -0.265 e. The van der Waals surface area contributed by atoms with E-state index in [1.54, 1.807) is 6.20 Å². The lowest BCUT2D eigenvalue weighted by Gasteiger charge is -2.18. The van der Waals surface area contributed by atoms with Crippen LogP contribution in [0.1, 0.15) is 161 Å². The van der Waals surface area contributed by atoms with E-state index in [0.29, 0.717) is 5.41 Å². The lowest BCUT2D eigenvalue weighted by atomic mass is 9.87. The SMILES string of the molecule is CC.CC.CC.CC.CC(C)(C)c1ccccc1.CC(C)(C)c1ccccn1.CC(C)(C)c1cccnc1.CC(C)(C)c1ccncc1. The minimum absolute atomic E-state index is 0.182. The molecule has 272 valence electrons. The molecule has 0 amide bonds. The summed E-state index contributed by atoms with van der Waals surface area (Å²) in [7, 11) is 0. The molecular weight excluding hydrogens is 583 g/mol. The Balaban J connectivity index is -0.000000251. The van der Waals surface area contributed by atoms with Gasteiger partial charge in [0.1, 0.15) is 0 Å². The molecule has 0 saturated heterocycles. The zero-order valence-electron chi connectivity index (χ0n) is 35.2. The van der Waals surface area contributed by atoms with Crippen LogP contribution in [0.15, 0.2) is 104 Å². The van der Waals surface area contributed by atoms with Gasteiger partial charge in [0, 0.05) is 42.1 Å². The standard InChI is InChI=1S/C10H14.3C9H13N.4C2H6/c1-10(2,3)9-7-5-4-6-8-9;1-9(2,3)8-4-6-10-7-5-8;1-9(2,3)8-5-4-6-10-7-8;1-9(2,3)8-6-4-5-7-10-8;4*1-2/h4-8H,1-3H3;3*4-7H,1-3H3;4*1-2H3. The van der Waals surface area contributed by atoms with Crippen molar-refractivity contribution in [3.63, 3.8) is 0 Å². The zero-order chi connectivity index (χ0) is 38.5. The maximum absolute atomic E-state index is 4.25. The average molecular weight is 660 g/mol. The molecule has 0 spiro atoms. The van der Waals surface area contributed by atoms with Crippen molar-refractivity contribution in [3.8, 4) is 0 Å². The summed E-state index contributed by atoms with van der Waals surface area (Å²) in [5, 5.41) is 0. The Bertz CT molecular complexity index is 978. The third-order valence-electron chi connectivity index (χ3n) is 6.15. The smallest absolute Gasteiger partial charge is 0.0457 e. The van der Waals surface area contributed by atoms with Gasteiger partial charge in [-0.05, 0) is 63.3 Å². The maximum atomic E-state index is 4.25. The molecule has 0 aliphatic heterocycles. The maximum Gasteiger partial charge on any atom is 0.0457 e. The molecule has 3 heterocycles. The van der Waals surface area contributed by atoms with Crippen LogP contribution < -0.4 is 0 Å². The summed E-state index contributed by atoms with van der Waals surface area (Å²) in [6.07, 6.45) is 9.22. The lowest BCUT2D eigenvalue weighted by Crippen LogP contribution is -2.12. The lowest BCUT2D eigenvalue weighted by molar-refractivity contribution is 0.569. The predicted octanol–water partition coefficient (Wildman–Crippen LogP) is 14.2. The molecule has 4 rings (SSSR count). The van der Waals surface area contributed by atoms with Crippen molar-refractivity contribution < 1.29 is 0 Å². The second kappa shape index (κ2) is 28.7. The first-order valence-electron chi connectivity index (χ1n) is 18.2. The van der Waals surface area contributed by atoms with Gasteiger partial charge < -0.3 is 0 Å². The van der Waals surface area contributed by atoms with E-state index in [0.717, 1.165) is 5.69 Å². The molecule has 0 bridgehead atoms. The number of pyridine rings is 3. The van der Waals surface area contributed by atoms with E-state index < -0.39 is 0 Å². The van der Waals surface area contributed by atoms with Crippen molar-refractivity contribution in [2.45, 2.75) is 160 Å². The van der Waals surface area contributed by atoms with Crippen molar-refractivity contribution in [3.05, 3.63) is 126 Å². The molecule has 4 aromatic rings. The fourth-order valence-corrected chi connectivity index (χ4v) is 3.40. The highest BCUT2D eigenvalue weighted by atomic mass is 14.7. The first-order chi connectivity index (χ1) is 22.4. The van der Waals surface area contributed by atoms with Gasteiger partial charge in [0.25, 0.3) is 0 Å². The Morgan fingerprint density at radius 2 is 0.729 bits per heavy atom. The topological polar surface area (TPSA) is 38.7 Å². The van der Waals surface area contributed by atoms with E-state index in [4.69, 9.17) is 0 Å². The second-order valence-electron chi connectivity index (χ2n) is 14.1. The molecule has 3 nitrogen and oxygen atoms in total. The molecule has 0 aliphatic carbocycles. The molecule has 1 aromatic carbocycles. The quantitative estimate of drug-likeness (QED) is 0.188. The van der Waals surface area contributed by atoms with E-state index in [1.807, 2.05) is 98.4 Å². The van der Waals surface area contributed by atoms with Gasteiger partial charge in [-0.25, -0.2) is 0 Å². The number of aromatic nitrogens is 3. The Morgan fingerprint density at radius 3 is 0.979 bits per heavy atom. The van der Waals surface area contributed by atoms with Crippen LogP contribution in [-0.4, -0.2) is 15.0 Å². The van der Waals surface area contributed by atoms with E-state index >= 15 is 0 Å². The summed E-state index contributed by atoms with van der Waals surface area (Å²) in [5.74, 6) is 0. The summed E-state index contributed by atoms with van der Waals surface area (Å²) >= 11 is 0. The summed E-state index contributed by atoms with van der Waals surface area (Å²) in [5.41, 5.74) is 6.13. The molecule has 48 heavy (non-hydrogen) atoms. The normalized spacial score (nSPS) is 10.1. The van der Waals surface area contributed by atoms with Crippen LogP contribution in [-0.2, 0) is 21.7 Å². The fraction of sp³-hybridized carbons (Fsp3) is 0.533. The number of rotatable bonds is 0. The van der Waals surface area contributed by atoms with Gasteiger partial charge in [0.15, 0.2) is 0 Å². The Labute approximate surface area is 300 Å². The van der Waals surface area contributed by atoms with Crippen molar-refractivity contribution in [2.24, 2.45) is 0 Å².